The number of hydrogen-bond acceptors (Lipinski definition) is 16. The van der Waals surface area contributed by atoms with Gasteiger partial charge in [0.05, 0.1) is 43.0 Å². The number of hydrazone groups is 1. The standard InChI is InChI=1S/C37H38N8O12/c1-2-52-36-40-32-11-7-10-31(35(46)53-20-5-6-21-55-44(48)49)33(32)42(36)22-25-12-16-27(17-13-25)29-8-3-4-9-30(29)34(38)41-43(39)24-54-37(47)57-28-18-14-26(15-19-28)23-56-45(50)51/h3-4,7-19H,2,5-6,20-24,39H2,1H3,(H2,38,41). The molecule has 0 atom stereocenters. The van der Waals surface area contributed by atoms with Crippen LogP contribution in [0.25, 0.3) is 22.2 Å². The molecule has 20 heteroatoms. The Morgan fingerprint density at radius 1 is 0.842 bits per heavy atom. The SMILES string of the molecule is CCOc1nc2cccc(C(=O)OCCCCO[N+](=O)[O-])c2n1Cc1ccc(-c2ccccc2/C(N)=N/N(N)COC(=O)Oc2ccc(CO[N+](=O)[O-])cc2)cc1. The molecule has 298 valence electrons. The van der Waals surface area contributed by atoms with Crippen molar-refractivity contribution >= 4 is 29.0 Å². The first kappa shape index (κ1) is 40.7. The minimum atomic E-state index is -1.07. The number of unbranched alkanes of at least 4 members (excludes halogenated alkanes) is 1. The molecule has 0 aliphatic rings. The number of hydrazine groups is 1. The highest BCUT2D eigenvalue weighted by Gasteiger charge is 2.21. The number of ether oxygens (including phenoxy) is 4. The van der Waals surface area contributed by atoms with Crippen molar-refractivity contribution in [3.05, 3.63) is 133 Å². The van der Waals surface area contributed by atoms with Crippen LogP contribution in [0.4, 0.5) is 4.79 Å². The zero-order valence-corrected chi connectivity index (χ0v) is 30.6. The summed E-state index contributed by atoms with van der Waals surface area (Å²) in [6.07, 6.45) is -0.343. The summed E-state index contributed by atoms with van der Waals surface area (Å²) in [5.41, 5.74) is 11.2. The number of fused-ring (bicyclic) bond motifs is 1. The quantitative estimate of drug-likeness (QED) is 0.0121. The predicted molar refractivity (Wildman–Crippen MR) is 201 cm³/mol. The van der Waals surface area contributed by atoms with Crippen LogP contribution in [-0.4, -0.2) is 69.4 Å². The summed E-state index contributed by atoms with van der Waals surface area (Å²) in [7, 11) is 0. The minimum Gasteiger partial charge on any atom is -0.465 e. The molecular weight excluding hydrogens is 748 g/mol. The summed E-state index contributed by atoms with van der Waals surface area (Å²) < 4.78 is 23.2. The molecule has 0 radical (unpaired) electrons. The van der Waals surface area contributed by atoms with Crippen LogP contribution < -0.4 is 21.1 Å². The van der Waals surface area contributed by atoms with Gasteiger partial charge in [-0.1, -0.05) is 66.7 Å². The number of hydrogen-bond donors (Lipinski definition) is 2. The van der Waals surface area contributed by atoms with Crippen molar-refractivity contribution in [2.24, 2.45) is 16.7 Å². The second-order valence-electron chi connectivity index (χ2n) is 11.9. The number of carbonyl (C=O) groups is 2. The van der Waals surface area contributed by atoms with Gasteiger partial charge in [-0.05, 0) is 66.3 Å². The Labute approximate surface area is 324 Å². The van der Waals surface area contributed by atoms with E-state index in [0.29, 0.717) is 59.7 Å². The molecule has 1 heterocycles. The van der Waals surface area contributed by atoms with Gasteiger partial charge >= 0.3 is 12.1 Å². The largest absolute Gasteiger partial charge is 0.515 e. The molecule has 0 aliphatic heterocycles. The Kier molecular flexibility index (Phi) is 14.1. The summed E-state index contributed by atoms with van der Waals surface area (Å²) in [5.74, 6) is 5.55. The Balaban J connectivity index is 1.24. The maximum absolute atomic E-state index is 13.2. The lowest BCUT2D eigenvalue weighted by atomic mass is 9.98. The number of amidine groups is 1. The molecule has 0 bridgehead atoms. The van der Waals surface area contributed by atoms with E-state index in [1.807, 2.05) is 43.3 Å². The Morgan fingerprint density at radius 3 is 2.25 bits per heavy atom. The zero-order valence-electron chi connectivity index (χ0n) is 30.6. The number of benzene rings is 4. The molecule has 4 aromatic carbocycles. The van der Waals surface area contributed by atoms with Gasteiger partial charge in [0, 0.05) is 5.56 Å². The van der Waals surface area contributed by atoms with Crippen molar-refractivity contribution < 1.29 is 48.4 Å². The number of rotatable bonds is 20. The van der Waals surface area contributed by atoms with Gasteiger partial charge in [-0.2, -0.15) is 10.1 Å². The number of nitrogens with zero attached hydrogens (tertiary/aromatic N) is 6. The smallest absolute Gasteiger partial charge is 0.465 e. The van der Waals surface area contributed by atoms with Gasteiger partial charge in [0.1, 0.15) is 12.4 Å². The highest BCUT2D eigenvalue weighted by atomic mass is 17.0. The first-order valence-electron chi connectivity index (χ1n) is 17.3. The molecule has 0 aliphatic carbocycles. The van der Waals surface area contributed by atoms with Crippen LogP contribution in [0.15, 0.2) is 96.1 Å². The van der Waals surface area contributed by atoms with E-state index in [4.69, 9.17) is 30.5 Å². The van der Waals surface area contributed by atoms with E-state index in [-0.39, 0.29) is 31.4 Å². The fourth-order valence-electron chi connectivity index (χ4n) is 5.48. The van der Waals surface area contributed by atoms with Crippen LogP contribution in [-0.2, 0) is 32.3 Å². The van der Waals surface area contributed by atoms with Gasteiger partial charge < -0.3 is 34.4 Å². The maximum Gasteiger partial charge on any atom is 0.515 e. The molecule has 4 N–H and O–H groups in total. The summed E-state index contributed by atoms with van der Waals surface area (Å²) in [6, 6.07) is 26.1. The van der Waals surface area contributed by atoms with Crippen LogP contribution in [0.1, 0.15) is 46.8 Å². The second kappa shape index (κ2) is 19.7. The van der Waals surface area contributed by atoms with Crippen molar-refractivity contribution in [1.29, 1.82) is 0 Å². The Morgan fingerprint density at radius 2 is 1.53 bits per heavy atom. The highest BCUT2D eigenvalue weighted by Crippen LogP contribution is 2.29. The van der Waals surface area contributed by atoms with Gasteiger partial charge in [-0.25, -0.2) is 15.4 Å². The van der Waals surface area contributed by atoms with Crippen molar-refractivity contribution in [2.75, 3.05) is 26.6 Å². The Hall–Kier alpha value is -7.48. The normalized spacial score (nSPS) is 11.1. The lowest BCUT2D eigenvalue weighted by Crippen LogP contribution is -2.33. The van der Waals surface area contributed by atoms with Crippen LogP contribution >= 0.6 is 0 Å². The summed E-state index contributed by atoms with van der Waals surface area (Å²) in [5, 5.41) is 23.9. The van der Waals surface area contributed by atoms with E-state index < -0.39 is 29.0 Å². The summed E-state index contributed by atoms with van der Waals surface area (Å²) in [6.45, 7) is 1.68. The van der Waals surface area contributed by atoms with Crippen LogP contribution in [0.5, 0.6) is 11.8 Å². The number of aromatic nitrogens is 2. The number of para-hydroxylation sites is 1. The van der Waals surface area contributed by atoms with E-state index in [1.54, 1.807) is 34.9 Å². The van der Waals surface area contributed by atoms with Crippen molar-refractivity contribution in [3.8, 4) is 22.9 Å². The summed E-state index contributed by atoms with van der Waals surface area (Å²) in [4.78, 5) is 59.3. The van der Waals surface area contributed by atoms with E-state index in [2.05, 4.69) is 19.8 Å². The number of carbonyl (C=O) groups excluding carboxylic acids is 2. The zero-order chi connectivity index (χ0) is 40.7. The molecule has 0 saturated carbocycles. The van der Waals surface area contributed by atoms with Gasteiger partial charge in [0.25, 0.3) is 16.2 Å². The minimum absolute atomic E-state index is 0.0391. The van der Waals surface area contributed by atoms with Gasteiger partial charge in [0.15, 0.2) is 12.6 Å². The number of esters is 1. The molecule has 20 nitrogen and oxygen atoms in total. The molecule has 57 heavy (non-hydrogen) atoms. The van der Waals surface area contributed by atoms with Gasteiger partial charge in [0.2, 0.25) is 0 Å². The third-order valence-electron chi connectivity index (χ3n) is 8.01. The third kappa shape index (κ3) is 11.5. The first-order chi connectivity index (χ1) is 27.5. The van der Waals surface area contributed by atoms with E-state index in [0.717, 1.165) is 21.8 Å². The molecule has 0 unspecified atom stereocenters. The fourth-order valence-corrected chi connectivity index (χ4v) is 5.48. The number of nitrogens with two attached hydrogens (primary N) is 2. The van der Waals surface area contributed by atoms with Crippen LogP contribution in [0.2, 0.25) is 0 Å². The third-order valence-corrected chi connectivity index (χ3v) is 8.01. The second-order valence-corrected chi connectivity index (χ2v) is 11.9. The average molecular weight is 787 g/mol. The van der Waals surface area contributed by atoms with E-state index in [9.17, 15) is 29.8 Å². The molecule has 0 amide bonds. The van der Waals surface area contributed by atoms with Crippen LogP contribution in [0, 0.1) is 20.2 Å². The molecule has 5 aromatic rings. The van der Waals surface area contributed by atoms with Crippen molar-refractivity contribution in [2.45, 2.75) is 32.9 Å². The van der Waals surface area contributed by atoms with Crippen molar-refractivity contribution in [3.63, 3.8) is 0 Å². The molecular formula is C37H38N8O12. The first-order valence-corrected chi connectivity index (χ1v) is 17.3. The highest BCUT2D eigenvalue weighted by molar-refractivity contribution is 6.03. The molecule has 5 rings (SSSR count). The van der Waals surface area contributed by atoms with Crippen molar-refractivity contribution in [1.82, 2.24) is 14.7 Å². The molecule has 0 spiro atoms. The summed E-state index contributed by atoms with van der Waals surface area (Å²) >= 11 is 0. The monoisotopic (exact) mass is 786 g/mol. The lowest BCUT2D eigenvalue weighted by Gasteiger charge is -2.15. The Bertz CT molecular complexity index is 2210. The van der Waals surface area contributed by atoms with E-state index >= 15 is 0 Å². The molecule has 0 saturated heterocycles. The molecule has 0 fully saturated rings. The topological polar surface area (TPSA) is 261 Å². The molecule has 1 aromatic heterocycles. The average Bonchev–Trinajstić information content (AvgIpc) is 3.54. The van der Waals surface area contributed by atoms with Gasteiger partial charge in [-0.3, -0.25) is 4.57 Å². The number of imidazole rings is 1. The van der Waals surface area contributed by atoms with Crippen LogP contribution in [0.3, 0.4) is 0 Å². The predicted octanol–water partition coefficient (Wildman–Crippen LogP) is 4.97. The lowest BCUT2D eigenvalue weighted by molar-refractivity contribution is -0.763. The fraction of sp³-hybridized carbons (Fsp3) is 0.243. The maximum atomic E-state index is 13.2. The van der Waals surface area contributed by atoms with Gasteiger partial charge in [-0.15, -0.1) is 25.3 Å². The van der Waals surface area contributed by atoms with E-state index in [1.165, 1.54) is 24.3 Å².